The predicted octanol–water partition coefficient (Wildman–Crippen LogP) is -0.792. The van der Waals surface area contributed by atoms with Gasteiger partial charge in [0.15, 0.2) is 0 Å². The molecule has 0 aliphatic rings. The number of rotatable bonds is 15. The maximum atomic E-state index is 11.8. The molecule has 0 unspecified atom stereocenters. The predicted molar refractivity (Wildman–Crippen MR) is 95.1 cm³/mol. The van der Waals surface area contributed by atoms with Crippen LogP contribution in [0.25, 0.3) is 0 Å². The highest BCUT2D eigenvalue weighted by Gasteiger charge is 2.24. The maximum Gasteiger partial charge on any atom is 0.326 e. The van der Waals surface area contributed by atoms with Crippen molar-refractivity contribution in [2.45, 2.75) is 57.0 Å². The van der Waals surface area contributed by atoms with Gasteiger partial charge in [0, 0.05) is 19.4 Å². The lowest BCUT2D eigenvalue weighted by Crippen LogP contribution is -2.51. The number of carbonyl (C=O) groups is 6. The molecule has 7 N–H and O–H groups in total. The van der Waals surface area contributed by atoms with Gasteiger partial charge in [-0.15, -0.1) is 0 Å². The summed E-state index contributed by atoms with van der Waals surface area (Å²) in [5.74, 6) is -5.57. The number of carboxylic acid groups (broad SMARTS) is 4. The van der Waals surface area contributed by atoms with Crippen molar-refractivity contribution in [1.29, 1.82) is 0 Å². The van der Waals surface area contributed by atoms with Gasteiger partial charge in [0.05, 0.1) is 6.42 Å². The van der Waals surface area contributed by atoms with Crippen molar-refractivity contribution in [3.8, 4) is 0 Å². The standard InChI is InChI=1S/C16H25N3O10/c20-11(5-7-13(23)24)17-8-2-1-3-9(14(25)26)18-16(29)19-10(15(27)28)4-6-12(21)22/h9-10H,1-8H2,(H,17,20)(H,21,22)(H,23,24)(H,25,26)(H,27,28)(H2,18,19,29)/t9-,10-/m0/s1. The summed E-state index contributed by atoms with van der Waals surface area (Å²) in [6.45, 7) is 0.202. The molecule has 29 heavy (non-hydrogen) atoms. The Morgan fingerprint density at radius 1 is 0.655 bits per heavy atom. The minimum absolute atomic E-state index is 0.000609. The highest BCUT2D eigenvalue weighted by molar-refractivity contribution is 5.86. The van der Waals surface area contributed by atoms with Crippen LogP contribution in [0.3, 0.4) is 0 Å². The SMILES string of the molecule is O=C(O)CCC(=O)NCCCC[C@H](NC(=O)N[C@@H](CCC(=O)O)C(=O)O)C(=O)O. The number of carbonyl (C=O) groups excluding carboxylic acids is 2. The highest BCUT2D eigenvalue weighted by atomic mass is 16.4. The molecule has 13 heteroatoms. The molecule has 0 aromatic carbocycles. The topological polar surface area (TPSA) is 219 Å². The highest BCUT2D eigenvalue weighted by Crippen LogP contribution is 2.03. The summed E-state index contributed by atoms with van der Waals surface area (Å²) in [6, 6.07) is -3.86. The molecule has 0 bridgehead atoms. The van der Waals surface area contributed by atoms with Crippen LogP contribution in [0.1, 0.15) is 44.9 Å². The molecule has 0 fully saturated rings. The molecule has 0 radical (unpaired) electrons. The molecule has 0 spiro atoms. The van der Waals surface area contributed by atoms with Gasteiger partial charge in [-0.2, -0.15) is 0 Å². The number of nitrogens with one attached hydrogen (secondary N) is 3. The zero-order valence-corrected chi connectivity index (χ0v) is 15.5. The van der Waals surface area contributed by atoms with Crippen LogP contribution >= 0.6 is 0 Å². The van der Waals surface area contributed by atoms with Crippen LogP contribution in [0.5, 0.6) is 0 Å². The lowest BCUT2D eigenvalue weighted by atomic mass is 10.1. The largest absolute Gasteiger partial charge is 0.481 e. The summed E-state index contributed by atoms with van der Waals surface area (Å²) in [4.78, 5) is 66.3. The second-order valence-corrected chi connectivity index (χ2v) is 6.07. The van der Waals surface area contributed by atoms with E-state index in [1.54, 1.807) is 0 Å². The van der Waals surface area contributed by atoms with E-state index in [-0.39, 0.29) is 32.2 Å². The molecule has 0 rings (SSSR count). The van der Waals surface area contributed by atoms with Gasteiger partial charge in [0.2, 0.25) is 5.91 Å². The van der Waals surface area contributed by atoms with Gasteiger partial charge in [0.1, 0.15) is 12.1 Å². The lowest BCUT2D eigenvalue weighted by Gasteiger charge is -2.18. The van der Waals surface area contributed by atoms with Crippen LogP contribution < -0.4 is 16.0 Å². The quantitative estimate of drug-likeness (QED) is 0.164. The van der Waals surface area contributed by atoms with E-state index >= 15 is 0 Å². The van der Waals surface area contributed by atoms with E-state index in [0.717, 1.165) is 0 Å². The monoisotopic (exact) mass is 419 g/mol. The first-order chi connectivity index (χ1) is 13.5. The average molecular weight is 419 g/mol. The Morgan fingerprint density at radius 2 is 1.17 bits per heavy atom. The van der Waals surface area contributed by atoms with Crippen LogP contribution in [-0.2, 0) is 24.0 Å². The Bertz CT molecular complexity index is 622. The van der Waals surface area contributed by atoms with Crippen LogP contribution in [0.2, 0.25) is 0 Å². The first kappa shape index (κ1) is 25.6. The number of carboxylic acids is 4. The Morgan fingerprint density at radius 3 is 1.66 bits per heavy atom. The molecule has 0 aromatic heterocycles. The van der Waals surface area contributed by atoms with Gasteiger partial charge < -0.3 is 36.4 Å². The van der Waals surface area contributed by atoms with E-state index in [0.29, 0.717) is 12.8 Å². The Kier molecular flexibility index (Phi) is 12.1. The van der Waals surface area contributed by atoms with Crippen LogP contribution in [0.4, 0.5) is 4.79 Å². The molecule has 0 aromatic rings. The van der Waals surface area contributed by atoms with Gasteiger partial charge in [0.25, 0.3) is 0 Å². The van der Waals surface area contributed by atoms with Crippen molar-refractivity contribution in [3.63, 3.8) is 0 Å². The molecule has 13 nitrogen and oxygen atoms in total. The fourth-order valence-corrected chi connectivity index (χ4v) is 2.15. The molecule has 0 saturated heterocycles. The van der Waals surface area contributed by atoms with Crippen LogP contribution in [0.15, 0.2) is 0 Å². The second kappa shape index (κ2) is 13.7. The van der Waals surface area contributed by atoms with Gasteiger partial charge >= 0.3 is 29.9 Å². The smallest absolute Gasteiger partial charge is 0.326 e. The van der Waals surface area contributed by atoms with Gasteiger partial charge in [-0.3, -0.25) is 14.4 Å². The van der Waals surface area contributed by atoms with E-state index < -0.39 is 54.3 Å². The summed E-state index contributed by atoms with van der Waals surface area (Å²) < 4.78 is 0. The summed E-state index contributed by atoms with van der Waals surface area (Å²) in [6.07, 6.45) is -0.632. The summed E-state index contributed by atoms with van der Waals surface area (Å²) in [7, 11) is 0. The average Bonchev–Trinajstić information content (AvgIpc) is 2.61. The second-order valence-electron chi connectivity index (χ2n) is 6.07. The van der Waals surface area contributed by atoms with E-state index in [9.17, 15) is 28.8 Å². The molecule has 0 saturated carbocycles. The molecule has 3 amide bonds. The minimum atomic E-state index is -1.48. The summed E-state index contributed by atoms with van der Waals surface area (Å²) in [5.41, 5.74) is 0. The first-order valence-electron chi connectivity index (χ1n) is 8.75. The van der Waals surface area contributed by atoms with Crippen molar-refractivity contribution in [2.24, 2.45) is 0 Å². The Hall–Kier alpha value is -3.38. The molecular formula is C16H25N3O10. The fourth-order valence-electron chi connectivity index (χ4n) is 2.15. The number of hydrogen-bond donors (Lipinski definition) is 7. The number of hydrogen-bond acceptors (Lipinski definition) is 6. The van der Waals surface area contributed by atoms with Crippen molar-refractivity contribution in [2.75, 3.05) is 6.54 Å². The summed E-state index contributed by atoms with van der Waals surface area (Å²) in [5, 5.41) is 41.8. The molecule has 0 aliphatic heterocycles. The first-order valence-corrected chi connectivity index (χ1v) is 8.75. The maximum absolute atomic E-state index is 11.8. The van der Waals surface area contributed by atoms with Gasteiger partial charge in [-0.05, 0) is 25.7 Å². The van der Waals surface area contributed by atoms with Crippen LogP contribution in [-0.4, -0.2) is 74.9 Å². The molecule has 0 heterocycles. The molecule has 164 valence electrons. The Labute approximate surface area is 165 Å². The third-order valence-corrected chi connectivity index (χ3v) is 3.66. The van der Waals surface area contributed by atoms with Crippen molar-refractivity contribution in [3.05, 3.63) is 0 Å². The molecular weight excluding hydrogens is 394 g/mol. The third kappa shape index (κ3) is 13.4. The van der Waals surface area contributed by atoms with Crippen molar-refractivity contribution >= 4 is 35.8 Å². The van der Waals surface area contributed by atoms with Crippen LogP contribution in [0, 0.1) is 0 Å². The zero-order valence-electron chi connectivity index (χ0n) is 15.5. The molecule has 0 aliphatic carbocycles. The fraction of sp³-hybridized carbons (Fsp3) is 0.625. The van der Waals surface area contributed by atoms with E-state index in [2.05, 4.69) is 10.6 Å². The molecule has 2 atom stereocenters. The van der Waals surface area contributed by atoms with Gasteiger partial charge in [-0.25, -0.2) is 14.4 Å². The summed E-state index contributed by atoms with van der Waals surface area (Å²) >= 11 is 0. The number of unbranched alkanes of at least 4 members (excludes halogenated alkanes) is 1. The van der Waals surface area contributed by atoms with E-state index in [4.69, 9.17) is 20.4 Å². The zero-order chi connectivity index (χ0) is 22.4. The Balaban J connectivity index is 4.32. The van der Waals surface area contributed by atoms with Gasteiger partial charge in [-0.1, -0.05) is 0 Å². The minimum Gasteiger partial charge on any atom is -0.481 e. The normalized spacial score (nSPS) is 12.3. The third-order valence-electron chi connectivity index (χ3n) is 3.66. The van der Waals surface area contributed by atoms with Crippen molar-refractivity contribution < 1.29 is 49.2 Å². The van der Waals surface area contributed by atoms with Crippen molar-refractivity contribution in [1.82, 2.24) is 16.0 Å². The van der Waals surface area contributed by atoms with E-state index in [1.807, 2.05) is 5.32 Å². The lowest BCUT2D eigenvalue weighted by molar-refractivity contribution is -0.141. The number of urea groups is 1. The number of amides is 3. The van der Waals surface area contributed by atoms with E-state index in [1.165, 1.54) is 0 Å². The number of aliphatic carboxylic acids is 4.